The van der Waals surface area contributed by atoms with E-state index in [4.69, 9.17) is 4.74 Å². The molecular formula is C23H31N3O2. The Balaban J connectivity index is 1.73. The summed E-state index contributed by atoms with van der Waals surface area (Å²) in [6.45, 7) is 10.4. The molecule has 0 aliphatic carbocycles. The van der Waals surface area contributed by atoms with E-state index in [2.05, 4.69) is 48.1 Å². The Kier molecular flexibility index (Phi) is 6.25. The first-order valence-electron chi connectivity index (χ1n) is 9.92. The molecule has 0 saturated carbocycles. The van der Waals surface area contributed by atoms with Crippen molar-refractivity contribution < 1.29 is 9.53 Å². The highest BCUT2D eigenvalue weighted by Crippen LogP contribution is 2.30. The van der Waals surface area contributed by atoms with E-state index in [0.717, 1.165) is 48.7 Å². The summed E-state index contributed by atoms with van der Waals surface area (Å²) >= 11 is 0. The van der Waals surface area contributed by atoms with Crippen molar-refractivity contribution in [3.8, 4) is 5.75 Å². The molecule has 0 unspecified atom stereocenters. The van der Waals surface area contributed by atoms with Crippen LogP contribution in [0, 0.1) is 6.92 Å². The highest BCUT2D eigenvalue weighted by atomic mass is 16.5. The first kappa shape index (κ1) is 20.2. The van der Waals surface area contributed by atoms with E-state index in [9.17, 15) is 4.79 Å². The molecule has 2 aromatic carbocycles. The number of piperazine rings is 1. The second kappa shape index (κ2) is 8.65. The van der Waals surface area contributed by atoms with Crippen molar-refractivity contribution in [3.63, 3.8) is 0 Å². The van der Waals surface area contributed by atoms with E-state index in [1.807, 2.05) is 31.2 Å². The van der Waals surface area contributed by atoms with Gasteiger partial charge in [-0.05, 0) is 67.4 Å². The second-order valence-corrected chi connectivity index (χ2v) is 7.86. The number of benzene rings is 2. The van der Waals surface area contributed by atoms with Crippen molar-refractivity contribution in [2.24, 2.45) is 0 Å². The summed E-state index contributed by atoms with van der Waals surface area (Å²) < 4.78 is 5.48. The van der Waals surface area contributed by atoms with Gasteiger partial charge < -0.3 is 19.9 Å². The van der Waals surface area contributed by atoms with E-state index >= 15 is 0 Å². The Morgan fingerprint density at radius 1 is 1.07 bits per heavy atom. The van der Waals surface area contributed by atoms with Gasteiger partial charge in [0, 0.05) is 43.1 Å². The maximum absolute atomic E-state index is 12.9. The fraction of sp³-hybridized carbons (Fsp3) is 0.435. The molecule has 1 amide bonds. The molecule has 1 aliphatic heterocycles. The number of ether oxygens (including phenoxy) is 1. The number of methoxy groups -OCH3 is 1. The van der Waals surface area contributed by atoms with Gasteiger partial charge in [-0.1, -0.05) is 13.8 Å². The molecule has 150 valence electrons. The molecule has 1 fully saturated rings. The second-order valence-electron chi connectivity index (χ2n) is 7.86. The number of nitrogens with one attached hydrogen (secondary N) is 1. The number of carbonyl (C=O) groups is 1. The van der Waals surface area contributed by atoms with Crippen LogP contribution in [-0.4, -0.2) is 51.1 Å². The summed E-state index contributed by atoms with van der Waals surface area (Å²) in [5, 5.41) is 3.03. The summed E-state index contributed by atoms with van der Waals surface area (Å²) in [6, 6.07) is 12.0. The van der Waals surface area contributed by atoms with Gasteiger partial charge in [0.1, 0.15) is 5.75 Å². The van der Waals surface area contributed by atoms with Crippen LogP contribution in [0.5, 0.6) is 5.75 Å². The van der Waals surface area contributed by atoms with E-state index in [1.54, 1.807) is 7.11 Å². The number of hydrogen-bond donors (Lipinski definition) is 1. The van der Waals surface area contributed by atoms with Gasteiger partial charge in [0.25, 0.3) is 5.91 Å². The molecule has 1 heterocycles. The van der Waals surface area contributed by atoms with Crippen LogP contribution < -0.4 is 15.0 Å². The van der Waals surface area contributed by atoms with E-state index in [0.29, 0.717) is 5.56 Å². The van der Waals surface area contributed by atoms with E-state index < -0.39 is 0 Å². The number of amides is 1. The number of hydrogen-bond acceptors (Lipinski definition) is 4. The summed E-state index contributed by atoms with van der Waals surface area (Å²) in [5.41, 5.74) is 4.65. The van der Waals surface area contributed by atoms with Crippen LogP contribution in [0.15, 0.2) is 36.4 Å². The van der Waals surface area contributed by atoms with Crippen molar-refractivity contribution in [2.75, 3.05) is 50.6 Å². The molecule has 1 aliphatic rings. The molecule has 0 spiro atoms. The van der Waals surface area contributed by atoms with Gasteiger partial charge in [0.15, 0.2) is 0 Å². The fourth-order valence-corrected chi connectivity index (χ4v) is 3.59. The lowest BCUT2D eigenvalue weighted by atomic mass is 9.96. The number of aryl methyl sites for hydroxylation is 1. The van der Waals surface area contributed by atoms with Crippen LogP contribution >= 0.6 is 0 Å². The summed E-state index contributed by atoms with van der Waals surface area (Å²) in [6.07, 6.45) is 0. The van der Waals surface area contributed by atoms with Crippen LogP contribution in [0.1, 0.15) is 41.3 Å². The van der Waals surface area contributed by atoms with Crippen molar-refractivity contribution in [1.29, 1.82) is 0 Å². The van der Waals surface area contributed by atoms with Gasteiger partial charge >= 0.3 is 0 Å². The topological polar surface area (TPSA) is 44.8 Å². The van der Waals surface area contributed by atoms with Gasteiger partial charge in [0.05, 0.1) is 7.11 Å². The average Bonchev–Trinajstić information content (AvgIpc) is 2.68. The maximum Gasteiger partial charge on any atom is 0.255 e. The van der Waals surface area contributed by atoms with Gasteiger partial charge in [-0.25, -0.2) is 0 Å². The standard InChI is InChI=1S/C23H31N3O2/c1-16(2)20-15-21(17(3)14-22(20)28-5)23(27)24-18-6-8-19(9-7-18)26-12-10-25(4)11-13-26/h6-9,14-16H,10-13H2,1-5H3,(H,24,27). The molecule has 5 heteroatoms. The molecule has 1 saturated heterocycles. The monoisotopic (exact) mass is 381 g/mol. The average molecular weight is 382 g/mol. The number of nitrogens with zero attached hydrogens (tertiary/aromatic N) is 2. The predicted molar refractivity (Wildman–Crippen MR) is 116 cm³/mol. The van der Waals surface area contributed by atoms with Gasteiger partial charge in [-0.2, -0.15) is 0 Å². The Hall–Kier alpha value is -2.53. The quantitative estimate of drug-likeness (QED) is 0.846. The highest BCUT2D eigenvalue weighted by Gasteiger charge is 2.17. The Bertz CT molecular complexity index is 822. The molecule has 1 N–H and O–H groups in total. The van der Waals surface area contributed by atoms with Crippen LogP contribution in [0.25, 0.3) is 0 Å². The molecular weight excluding hydrogens is 350 g/mol. The lowest BCUT2D eigenvalue weighted by molar-refractivity contribution is 0.102. The summed E-state index contributed by atoms with van der Waals surface area (Å²) in [4.78, 5) is 17.6. The van der Waals surface area contributed by atoms with E-state index in [-0.39, 0.29) is 11.8 Å². The van der Waals surface area contributed by atoms with Gasteiger partial charge in [0.2, 0.25) is 0 Å². The lowest BCUT2D eigenvalue weighted by Crippen LogP contribution is -2.44. The highest BCUT2D eigenvalue weighted by molar-refractivity contribution is 6.05. The molecule has 0 radical (unpaired) electrons. The fourth-order valence-electron chi connectivity index (χ4n) is 3.59. The van der Waals surface area contributed by atoms with Crippen molar-refractivity contribution in [2.45, 2.75) is 26.7 Å². The smallest absolute Gasteiger partial charge is 0.255 e. The molecule has 0 bridgehead atoms. The number of anilines is 2. The largest absolute Gasteiger partial charge is 0.496 e. The number of carbonyl (C=O) groups excluding carboxylic acids is 1. The zero-order valence-electron chi connectivity index (χ0n) is 17.6. The minimum atomic E-state index is -0.0885. The van der Waals surface area contributed by atoms with Crippen molar-refractivity contribution in [3.05, 3.63) is 53.1 Å². The van der Waals surface area contributed by atoms with Crippen LogP contribution in [0.3, 0.4) is 0 Å². The zero-order valence-corrected chi connectivity index (χ0v) is 17.6. The minimum absolute atomic E-state index is 0.0885. The normalized spacial score (nSPS) is 15.0. The molecule has 2 aromatic rings. The lowest BCUT2D eigenvalue weighted by Gasteiger charge is -2.34. The van der Waals surface area contributed by atoms with Crippen LogP contribution in [0.4, 0.5) is 11.4 Å². The maximum atomic E-state index is 12.9. The molecule has 3 rings (SSSR count). The number of likely N-dealkylation sites (N-methyl/N-ethyl adjacent to an activating group) is 1. The van der Waals surface area contributed by atoms with Crippen LogP contribution in [0.2, 0.25) is 0 Å². The summed E-state index contributed by atoms with van der Waals surface area (Å²) in [7, 11) is 3.82. The van der Waals surface area contributed by atoms with Gasteiger partial charge in [-0.3, -0.25) is 4.79 Å². The van der Waals surface area contributed by atoms with Crippen molar-refractivity contribution >= 4 is 17.3 Å². The minimum Gasteiger partial charge on any atom is -0.496 e. The Morgan fingerprint density at radius 2 is 1.71 bits per heavy atom. The molecule has 5 nitrogen and oxygen atoms in total. The third kappa shape index (κ3) is 4.47. The third-order valence-electron chi connectivity index (χ3n) is 5.44. The Labute approximate surface area is 168 Å². The van der Waals surface area contributed by atoms with Crippen molar-refractivity contribution in [1.82, 2.24) is 4.90 Å². The first-order valence-corrected chi connectivity index (χ1v) is 9.92. The van der Waals surface area contributed by atoms with E-state index in [1.165, 1.54) is 5.69 Å². The molecule has 0 atom stereocenters. The zero-order chi connectivity index (χ0) is 20.3. The number of rotatable bonds is 5. The predicted octanol–water partition coefficient (Wildman–Crippen LogP) is 4.13. The summed E-state index contributed by atoms with van der Waals surface area (Å²) in [5.74, 6) is 1.03. The van der Waals surface area contributed by atoms with Gasteiger partial charge in [-0.15, -0.1) is 0 Å². The molecule has 0 aromatic heterocycles. The SMILES string of the molecule is COc1cc(C)c(C(=O)Nc2ccc(N3CCN(C)CC3)cc2)cc1C(C)C. The first-order chi connectivity index (χ1) is 13.4. The molecule has 28 heavy (non-hydrogen) atoms. The third-order valence-corrected chi connectivity index (χ3v) is 5.44. The Morgan fingerprint density at radius 3 is 2.29 bits per heavy atom. The van der Waals surface area contributed by atoms with Crippen LogP contribution in [-0.2, 0) is 0 Å².